The van der Waals surface area contributed by atoms with E-state index in [-0.39, 0.29) is 5.91 Å². The molecule has 27 heavy (non-hydrogen) atoms. The molecule has 1 saturated heterocycles. The minimum Gasteiger partial charge on any atom is -0.350 e. The summed E-state index contributed by atoms with van der Waals surface area (Å²) in [5, 5.41) is 6.52. The van der Waals surface area contributed by atoms with Crippen LogP contribution in [0.15, 0.2) is 54.6 Å². The summed E-state index contributed by atoms with van der Waals surface area (Å²) in [4.78, 5) is 14.6. The lowest BCUT2D eigenvalue weighted by molar-refractivity contribution is 0.0950. The maximum atomic E-state index is 12.2. The molecule has 0 bridgehead atoms. The number of carbonyl (C=O) groups is 1. The van der Waals surface area contributed by atoms with Gasteiger partial charge in [-0.1, -0.05) is 61.9 Å². The molecule has 4 heteroatoms. The average molecular weight is 368 g/mol. The number of nitrogens with one attached hydrogen (secondary N) is 2. The topological polar surface area (TPSA) is 44.4 Å². The van der Waals surface area contributed by atoms with E-state index in [1.165, 1.54) is 11.1 Å². The van der Waals surface area contributed by atoms with Crippen LogP contribution in [-0.2, 0) is 6.42 Å². The molecule has 0 radical (unpaired) electrons. The highest BCUT2D eigenvalue weighted by Gasteiger charge is 2.21. The fourth-order valence-corrected chi connectivity index (χ4v) is 3.18. The van der Waals surface area contributed by atoms with Crippen molar-refractivity contribution in [3.05, 3.63) is 71.3 Å². The van der Waals surface area contributed by atoms with E-state index in [0.29, 0.717) is 12.6 Å². The van der Waals surface area contributed by atoms with Gasteiger partial charge in [0.25, 0.3) is 5.91 Å². The molecule has 0 spiro atoms. The SMILES string of the molecule is CC.Cc1ccc(C(=O)NCC2CN(CCCc3ccccc3)CN2)cc1. The fraction of sp³-hybridized carbons (Fsp3) is 0.435. The molecule has 1 atom stereocenters. The summed E-state index contributed by atoms with van der Waals surface area (Å²) in [6.45, 7) is 9.67. The highest BCUT2D eigenvalue weighted by Crippen LogP contribution is 2.07. The monoisotopic (exact) mass is 367 g/mol. The molecule has 0 aromatic heterocycles. The smallest absolute Gasteiger partial charge is 0.251 e. The molecule has 3 rings (SSSR count). The number of hydrogen-bond acceptors (Lipinski definition) is 3. The number of aryl methyl sites for hydroxylation is 2. The molecule has 1 unspecified atom stereocenters. The van der Waals surface area contributed by atoms with Gasteiger partial charge < -0.3 is 5.32 Å². The van der Waals surface area contributed by atoms with Crippen LogP contribution in [0.3, 0.4) is 0 Å². The van der Waals surface area contributed by atoms with Gasteiger partial charge >= 0.3 is 0 Å². The number of nitrogens with zero attached hydrogens (tertiary/aromatic N) is 1. The minimum absolute atomic E-state index is 0.00401. The van der Waals surface area contributed by atoms with E-state index in [1.807, 2.05) is 45.0 Å². The second kappa shape index (κ2) is 11.5. The van der Waals surface area contributed by atoms with Gasteiger partial charge in [0.1, 0.15) is 0 Å². The normalized spacial score (nSPS) is 16.5. The van der Waals surface area contributed by atoms with Gasteiger partial charge in [-0.25, -0.2) is 0 Å². The Kier molecular flexibility index (Phi) is 9.02. The van der Waals surface area contributed by atoms with E-state index in [9.17, 15) is 4.79 Å². The number of hydrogen-bond donors (Lipinski definition) is 2. The average Bonchev–Trinajstić information content (AvgIpc) is 3.17. The predicted octanol–water partition coefficient (Wildman–Crippen LogP) is 3.62. The fourth-order valence-electron chi connectivity index (χ4n) is 3.18. The van der Waals surface area contributed by atoms with Crippen molar-refractivity contribution in [2.24, 2.45) is 0 Å². The van der Waals surface area contributed by atoms with Crippen LogP contribution in [-0.4, -0.2) is 43.2 Å². The van der Waals surface area contributed by atoms with E-state index in [2.05, 4.69) is 45.9 Å². The van der Waals surface area contributed by atoms with Crippen LogP contribution in [0, 0.1) is 6.92 Å². The molecule has 2 N–H and O–H groups in total. The van der Waals surface area contributed by atoms with E-state index in [4.69, 9.17) is 0 Å². The maximum Gasteiger partial charge on any atom is 0.251 e. The molecule has 2 aromatic carbocycles. The van der Waals surface area contributed by atoms with Crippen LogP contribution in [0.25, 0.3) is 0 Å². The van der Waals surface area contributed by atoms with Crippen molar-refractivity contribution >= 4 is 5.91 Å². The highest BCUT2D eigenvalue weighted by atomic mass is 16.1. The Hall–Kier alpha value is -2.17. The Morgan fingerprint density at radius 2 is 1.81 bits per heavy atom. The lowest BCUT2D eigenvalue weighted by Crippen LogP contribution is -2.38. The van der Waals surface area contributed by atoms with E-state index in [0.717, 1.165) is 38.2 Å². The second-order valence-electron chi connectivity index (χ2n) is 6.80. The molecule has 1 aliphatic heterocycles. The Labute approximate surface area is 164 Å². The summed E-state index contributed by atoms with van der Waals surface area (Å²) in [5.74, 6) is 0.00401. The van der Waals surface area contributed by atoms with E-state index >= 15 is 0 Å². The van der Waals surface area contributed by atoms with E-state index in [1.54, 1.807) is 0 Å². The number of rotatable bonds is 7. The molecule has 2 aromatic rings. The van der Waals surface area contributed by atoms with Crippen molar-refractivity contribution in [3.63, 3.8) is 0 Å². The molecule has 146 valence electrons. The van der Waals surface area contributed by atoms with Crippen LogP contribution in [0.2, 0.25) is 0 Å². The first kappa shape index (κ1) is 21.1. The molecular formula is C23H33N3O. The largest absolute Gasteiger partial charge is 0.350 e. The van der Waals surface area contributed by atoms with Gasteiger partial charge in [0.15, 0.2) is 0 Å². The number of benzene rings is 2. The van der Waals surface area contributed by atoms with Gasteiger partial charge in [0, 0.05) is 31.4 Å². The number of carbonyl (C=O) groups excluding carboxylic acids is 1. The van der Waals surface area contributed by atoms with Gasteiger partial charge in [-0.05, 0) is 44.0 Å². The van der Waals surface area contributed by atoms with Crippen molar-refractivity contribution < 1.29 is 4.79 Å². The molecular weight excluding hydrogens is 334 g/mol. The standard InChI is InChI=1S/C21H27N3O.C2H6/c1-17-9-11-19(12-10-17)21(25)22-14-20-15-24(16-23-20)13-5-8-18-6-3-2-4-7-18;1-2/h2-4,6-7,9-12,20,23H,5,8,13-16H2,1H3,(H,22,25);1-2H3. The third-order valence-electron chi connectivity index (χ3n) is 4.69. The third kappa shape index (κ3) is 7.16. The van der Waals surface area contributed by atoms with Gasteiger partial charge in [-0.3, -0.25) is 15.0 Å². The van der Waals surface area contributed by atoms with Crippen molar-refractivity contribution in [2.45, 2.75) is 39.7 Å². The zero-order valence-corrected chi connectivity index (χ0v) is 16.9. The molecule has 1 heterocycles. The summed E-state index contributed by atoms with van der Waals surface area (Å²) in [7, 11) is 0. The zero-order chi connectivity index (χ0) is 19.5. The summed E-state index contributed by atoms with van der Waals surface area (Å²) in [6.07, 6.45) is 2.28. The summed E-state index contributed by atoms with van der Waals surface area (Å²) in [6, 6.07) is 18.6. The van der Waals surface area contributed by atoms with Crippen LogP contribution >= 0.6 is 0 Å². The Morgan fingerprint density at radius 3 is 2.52 bits per heavy atom. The van der Waals surface area contributed by atoms with Crippen LogP contribution < -0.4 is 10.6 Å². The minimum atomic E-state index is 0.00401. The van der Waals surface area contributed by atoms with Gasteiger partial charge in [0.2, 0.25) is 0 Å². The third-order valence-corrected chi connectivity index (χ3v) is 4.69. The number of amides is 1. The van der Waals surface area contributed by atoms with Crippen molar-refractivity contribution in [1.82, 2.24) is 15.5 Å². The Balaban J connectivity index is 0.00000126. The molecule has 4 nitrogen and oxygen atoms in total. The lowest BCUT2D eigenvalue weighted by Gasteiger charge is -2.15. The highest BCUT2D eigenvalue weighted by molar-refractivity contribution is 5.94. The van der Waals surface area contributed by atoms with Gasteiger partial charge in [0.05, 0.1) is 0 Å². The van der Waals surface area contributed by atoms with Crippen molar-refractivity contribution in [2.75, 3.05) is 26.3 Å². The molecule has 0 saturated carbocycles. The van der Waals surface area contributed by atoms with Gasteiger partial charge in [-0.2, -0.15) is 0 Å². The first-order valence-electron chi connectivity index (χ1n) is 10.1. The molecule has 1 aliphatic rings. The second-order valence-corrected chi connectivity index (χ2v) is 6.80. The lowest BCUT2D eigenvalue weighted by atomic mass is 10.1. The molecule has 0 aliphatic carbocycles. The Morgan fingerprint density at radius 1 is 1.11 bits per heavy atom. The van der Waals surface area contributed by atoms with E-state index < -0.39 is 0 Å². The summed E-state index contributed by atoms with van der Waals surface area (Å²) >= 11 is 0. The summed E-state index contributed by atoms with van der Waals surface area (Å²) in [5.41, 5.74) is 3.29. The van der Waals surface area contributed by atoms with Crippen LogP contribution in [0.1, 0.15) is 41.8 Å². The maximum absolute atomic E-state index is 12.2. The molecule has 1 fully saturated rings. The zero-order valence-electron chi connectivity index (χ0n) is 16.9. The first-order chi connectivity index (χ1) is 13.2. The predicted molar refractivity (Wildman–Crippen MR) is 113 cm³/mol. The van der Waals surface area contributed by atoms with Crippen molar-refractivity contribution in [1.29, 1.82) is 0 Å². The first-order valence-corrected chi connectivity index (χ1v) is 10.1. The summed E-state index contributed by atoms with van der Waals surface area (Å²) < 4.78 is 0. The Bertz CT molecular complexity index is 670. The van der Waals surface area contributed by atoms with Crippen LogP contribution in [0.4, 0.5) is 0 Å². The quantitative estimate of drug-likeness (QED) is 0.786. The van der Waals surface area contributed by atoms with Crippen LogP contribution in [0.5, 0.6) is 0 Å². The molecule has 1 amide bonds. The van der Waals surface area contributed by atoms with Gasteiger partial charge in [-0.15, -0.1) is 0 Å². The van der Waals surface area contributed by atoms with Crippen molar-refractivity contribution in [3.8, 4) is 0 Å².